The van der Waals surface area contributed by atoms with Crippen LogP contribution in [0.4, 0.5) is 11.6 Å². The molecule has 1 aromatic heterocycles. The Kier molecular flexibility index (Phi) is 5.56. The molecule has 2 heterocycles. The van der Waals surface area contributed by atoms with Crippen molar-refractivity contribution in [1.82, 2.24) is 9.97 Å². The molecule has 0 bridgehead atoms. The van der Waals surface area contributed by atoms with Gasteiger partial charge in [0.25, 0.3) is 6.02 Å². The number of aliphatic imine (C=N–C) groups is 1. The summed E-state index contributed by atoms with van der Waals surface area (Å²) in [6.45, 7) is 0.575. The Morgan fingerprint density at radius 1 is 1.16 bits per heavy atom. The van der Waals surface area contributed by atoms with E-state index in [1.807, 2.05) is 12.1 Å². The number of hydrogen-bond acceptors (Lipinski definition) is 7. The lowest BCUT2D eigenvalue weighted by molar-refractivity contribution is -0.107. The Hall–Kier alpha value is -2.96. The average Bonchev–Trinajstić information content (AvgIpc) is 3.06. The molecule has 7 nitrogen and oxygen atoms in total. The highest BCUT2D eigenvalue weighted by atomic mass is 16.5. The van der Waals surface area contributed by atoms with Crippen LogP contribution in [0.1, 0.15) is 24.0 Å². The molecule has 0 aliphatic carbocycles. The Morgan fingerprint density at radius 3 is 2.56 bits per heavy atom. The summed E-state index contributed by atoms with van der Waals surface area (Å²) in [6.07, 6.45) is 7.37. The lowest BCUT2D eigenvalue weighted by atomic mass is 10.1. The number of aromatic nitrogens is 2. The van der Waals surface area contributed by atoms with Crippen molar-refractivity contribution in [1.29, 1.82) is 0 Å². The molecule has 0 saturated carbocycles. The Labute approximate surface area is 146 Å². The number of carbonyl (C=O) groups excluding carboxylic acids is 1. The molecule has 0 fully saturated rings. The number of aryl methyl sites for hydroxylation is 2. The fourth-order valence-corrected chi connectivity index (χ4v) is 2.58. The standard InChI is InChI=1S/C18H21N5O2/c19-17-22-16(12-25-17)8-5-13-3-6-15(7-4-13)23-18-20-10-14(11-21-18)2-1-9-24/h3-4,6-7,9-11,16H,1-2,5,8,12H2,(H2,19,22)(H,20,21,23). The molecule has 1 aromatic carbocycles. The second-order valence-electron chi connectivity index (χ2n) is 5.91. The van der Waals surface area contributed by atoms with Crippen LogP contribution in [0.25, 0.3) is 0 Å². The van der Waals surface area contributed by atoms with Gasteiger partial charge in [-0.15, -0.1) is 0 Å². The number of amidine groups is 1. The smallest absolute Gasteiger partial charge is 0.282 e. The van der Waals surface area contributed by atoms with Gasteiger partial charge in [-0.05, 0) is 42.5 Å². The zero-order chi connectivity index (χ0) is 17.5. The summed E-state index contributed by atoms with van der Waals surface area (Å²) >= 11 is 0. The van der Waals surface area contributed by atoms with E-state index in [0.717, 1.165) is 30.4 Å². The fourth-order valence-electron chi connectivity index (χ4n) is 2.58. The molecular formula is C18H21N5O2. The number of rotatable bonds is 8. The van der Waals surface area contributed by atoms with Crippen LogP contribution in [0.3, 0.4) is 0 Å². The van der Waals surface area contributed by atoms with Crippen molar-refractivity contribution in [2.24, 2.45) is 10.7 Å². The number of hydrogen-bond donors (Lipinski definition) is 2. The number of nitrogens with zero attached hydrogens (tertiary/aromatic N) is 3. The third kappa shape index (κ3) is 5.00. The van der Waals surface area contributed by atoms with Gasteiger partial charge in [0.15, 0.2) is 0 Å². The van der Waals surface area contributed by atoms with Crippen molar-refractivity contribution in [3.8, 4) is 0 Å². The monoisotopic (exact) mass is 339 g/mol. The van der Waals surface area contributed by atoms with Gasteiger partial charge in [-0.1, -0.05) is 12.1 Å². The van der Waals surface area contributed by atoms with E-state index in [9.17, 15) is 4.79 Å². The van der Waals surface area contributed by atoms with E-state index in [0.29, 0.717) is 31.4 Å². The van der Waals surface area contributed by atoms with Crippen LogP contribution in [-0.2, 0) is 22.4 Å². The van der Waals surface area contributed by atoms with Crippen molar-refractivity contribution in [2.45, 2.75) is 31.7 Å². The highest BCUT2D eigenvalue weighted by Crippen LogP contribution is 2.17. The van der Waals surface area contributed by atoms with Crippen LogP contribution >= 0.6 is 0 Å². The molecule has 2 aromatic rings. The number of nitrogens with one attached hydrogen (secondary N) is 1. The van der Waals surface area contributed by atoms with E-state index in [1.54, 1.807) is 12.4 Å². The fraction of sp³-hybridized carbons (Fsp3) is 0.333. The average molecular weight is 339 g/mol. The van der Waals surface area contributed by atoms with E-state index in [2.05, 4.69) is 32.4 Å². The van der Waals surface area contributed by atoms with E-state index in [-0.39, 0.29) is 6.04 Å². The molecule has 1 aliphatic rings. The molecule has 0 saturated heterocycles. The van der Waals surface area contributed by atoms with Crippen LogP contribution in [-0.4, -0.2) is 34.9 Å². The Morgan fingerprint density at radius 2 is 1.92 bits per heavy atom. The maximum absolute atomic E-state index is 10.4. The van der Waals surface area contributed by atoms with Crippen LogP contribution < -0.4 is 11.1 Å². The van der Waals surface area contributed by atoms with Crippen molar-refractivity contribution in [2.75, 3.05) is 11.9 Å². The number of ether oxygens (including phenoxy) is 1. The zero-order valence-electron chi connectivity index (χ0n) is 13.9. The van der Waals surface area contributed by atoms with Crippen LogP contribution in [0.2, 0.25) is 0 Å². The summed E-state index contributed by atoms with van der Waals surface area (Å²) in [5.74, 6) is 0.538. The quantitative estimate of drug-likeness (QED) is 0.713. The summed E-state index contributed by atoms with van der Waals surface area (Å²) in [7, 11) is 0. The van der Waals surface area contributed by atoms with Gasteiger partial charge >= 0.3 is 0 Å². The van der Waals surface area contributed by atoms with Crippen LogP contribution in [0, 0.1) is 0 Å². The van der Waals surface area contributed by atoms with Gasteiger partial charge < -0.3 is 20.6 Å². The summed E-state index contributed by atoms with van der Waals surface area (Å²) in [5, 5.41) is 3.17. The van der Waals surface area contributed by atoms with E-state index < -0.39 is 0 Å². The number of carbonyl (C=O) groups is 1. The summed E-state index contributed by atoms with van der Waals surface area (Å²) in [5.41, 5.74) is 8.62. The lowest BCUT2D eigenvalue weighted by Gasteiger charge is -2.08. The summed E-state index contributed by atoms with van der Waals surface area (Å²) in [4.78, 5) is 23.1. The molecular weight excluding hydrogens is 318 g/mol. The normalized spacial score (nSPS) is 16.2. The van der Waals surface area contributed by atoms with Gasteiger partial charge in [-0.2, -0.15) is 0 Å². The Bertz CT molecular complexity index is 728. The lowest BCUT2D eigenvalue weighted by Crippen LogP contribution is -2.10. The molecule has 0 amide bonds. The Balaban J connectivity index is 1.51. The molecule has 3 rings (SSSR count). The number of nitrogens with two attached hydrogens (primary N) is 1. The molecule has 0 spiro atoms. The highest BCUT2D eigenvalue weighted by Gasteiger charge is 2.16. The molecule has 0 radical (unpaired) electrons. The minimum Gasteiger partial charge on any atom is -0.463 e. The maximum Gasteiger partial charge on any atom is 0.282 e. The zero-order valence-corrected chi connectivity index (χ0v) is 13.9. The summed E-state index contributed by atoms with van der Waals surface area (Å²) in [6, 6.07) is 8.60. The topological polar surface area (TPSA) is 102 Å². The van der Waals surface area contributed by atoms with Crippen LogP contribution in [0.5, 0.6) is 0 Å². The van der Waals surface area contributed by atoms with Gasteiger partial charge in [0, 0.05) is 24.5 Å². The van der Waals surface area contributed by atoms with Gasteiger partial charge in [-0.25, -0.2) is 15.0 Å². The van der Waals surface area contributed by atoms with Crippen LogP contribution in [0.15, 0.2) is 41.7 Å². The number of aldehydes is 1. The maximum atomic E-state index is 10.4. The minimum atomic E-state index is 0.156. The van der Waals surface area contributed by atoms with Gasteiger partial charge in [0.1, 0.15) is 12.9 Å². The summed E-state index contributed by atoms with van der Waals surface area (Å²) < 4.78 is 5.16. The second-order valence-corrected chi connectivity index (χ2v) is 5.91. The third-order valence-electron chi connectivity index (χ3n) is 3.97. The highest BCUT2D eigenvalue weighted by molar-refractivity contribution is 5.73. The van der Waals surface area contributed by atoms with E-state index in [4.69, 9.17) is 10.5 Å². The molecule has 3 N–H and O–H groups in total. The third-order valence-corrected chi connectivity index (χ3v) is 3.97. The van der Waals surface area contributed by atoms with Crippen molar-refractivity contribution >= 4 is 23.9 Å². The van der Waals surface area contributed by atoms with E-state index >= 15 is 0 Å². The predicted octanol–water partition coefficient (Wildman–Crippen LogP) is 2.00. The van der Waals surface area contributed by atoms with Gasteiger partial charge in [0.2, 0.25) is 5.95 Å². The van der Waals surface area contributed by atoms with Gasteiger partial charge in [-0.3, -0.25) is 0 Å². The van der Waals surface area contributed by atoms with Crippen molar-refractivity contribution in [3.05, 3.63) is 47.8 Å². The SMILES string of the molecule is NC1=NC(CCc2ccc(Nc3ncc(CCC=O)cn3)cc2)CO1. The molecule has 7 heteroatoms. The predicted molar refractivity (Wildman–Crippen MR) is 95.8 cm³/mol. The molecule has 1 aliphatic heterocycles. The van der Waals surface area contributed by atoms with Gasteiger partial charge in [0.05, 0.1) is 6.04 Å². The van der Waals surface area contributed by atoms with Crippen molar-refractivity contribution < 1.29 is 9.53 Å². The first kappa shape index (κ1) is 16.9. The second kappa shape index (κ2) is 8.23. The molecule has 1 unspecified atom stereocenters. The minimum absolute atomic E-state index is 0.156. The first-order valence-electron chi connectivity index (χ1n) is 8.29. The first-order chi connectivity index (χ1) is 12.2. The molecule has 130 valence electrons. The van der Waals surface area contributed by atoms with Crippen molar-refractivity contribution in [3.63, 3.8) is 0 Å². The number of anilines is 2. The molecule has 1 atom stereocenters. The molecule has 25 heavy (non-hydrogen) atoms. The largest absolute Gasteiger partial charge is 0.463 e. The van der Waals surface area contributed by atoms with E-state index in [1.165, 1.54) is 5.56 Å². The first-order valence-corrected chi connectivity index (χ1v) is 8.29. The number of benzene rings is 1.